The number of nitrogens with zero attached hydrogens (tertiary/aromatic N) is 2. The fourth-order valence-electron chi connectivity index (χ4n) is 2.03. The van der Waals surface area contributed by atoms with Gasteiger partial charge in [-0.05, 0) is 26.0 Å². The Morgan fingerprint density at radius 3 is 2.65 bits per heavy atom. The first-order valence-corrected chi connectivity index (χ1v) is 6.09. The van der Waals surface area contributed by atoms with Crippen LogP contribution in [0.1, 0.15) is 21.7 Å². The van der Waals surface area contributed by atoms with Crippen molar-refractivity contribution in [1.82, 2.24) is 9.78 Å². The number of hydrogen-bond acceptors (Lipinski definition) is 3. The van der Waals surface area contributed by atoms with Crippen LogP contribution in [0.15, 0.2) is 18.2 Å². The van der Waals surface area contributed by atoms with Crippen molar-refractivity contribution >= 4 is 11.6 Å². The summed E-state index contributed by atoms with van der Waals surface area (Å²) in [6.07, 6.45) is 0. The van der Waals surface area contributed by atoms with Gasteiger partial charge < -0.3 is 10.1 Å². The molecule has 0 radical (unpaired) electrons. The Hall–Kier alpha value is -2.37. The van der Waals surface area contributed by atoms with Gasteiger partial charge in [0.25, 0.3) is 5.91 Å². The van der Waals surface area contributed by atoms with Gasteiger partial charge in [-0.1, -0.05) is 0 Å². The Bertz CT molecular complexity index is 665. The number of nitrogens with one attached hydrogen (secondary N) is 1. The molecule has 0 bridgehead atoms. The van der Waals surface area contributed by atoms with Crippen LogP contribution in [0.25, 0.3) is 0 Å². The average Bonchev–Trinajstić information content (AvgIpc) is 2.65. The molecule has 0 saturated carbocycles. The molecule has 0 aliphatic rings. The number of carbonyl (C=O) groups is 1. The smallest absolute Gasteiger partial charge is 0.259 e. The van der Waals surface area contributed by atoms with Crippen LogP contribution in [0.5, 0.6) is 5.75 Å². The first kappa shape index (κ1) is 14.0. The van der Waals surface area contributed by atoms with Gasteiger partial charge in [0.1, 0.15) is 0 Å². The van der Waals surface area contributed by atoms with Crippen molar-refractivity contribution < 1.29 is 13.9 Å². The van der Waals surface area contributed by atoms with Gasteiger partial charge in [0.05, 0.1) is 18.4 Å². The number of halogens is 1. The summed E-state index contributed by atoms with van der Waals surface area (Å²) in [7, 11) is 3.15. The van der Waals surface area contributed by atoms with Crippen LogP contribution in [0, 0.1) is 19.7 Å². The van der Waals surface area contributed by atoms with E-state index in [0.29, 0.717) is 16.9 Å². The van der Waals surface area contributed by atoms with Gasteiger partial charge in [-0.3, -0.25) is 9.48 Å². The first-order valence-electron chi connectivity index (χ1n) is 6.09. The van der Waals surface area contributed by atoms with Crippen LogP contribution >= 0.6 is 0 Å². The average molecular weight is 277 g/mol. The van der Waals surface area contributed by atoms with Gasteiger partial charge in [0.15, 0.2) is 11.6 Å². The minimum atomic E-state index is -0.473. The molecular weight excluding hydrogens is 261 g/mol. The molecule has 1 N–H and O–H groups in total. The lowest BCUT2D eigenvalue weighted by Crippen LogP contribution is -2.14. The highest BCUT2D eigenvalue weighted by Gasteiger charge is 2.17. The highest BCUT2D eigenvalue weighted by molar-refractivity contribution is 6.05. The fourth-order valence-corrected chi connectivity index (χ4v) is 2.03. The Balaban J connectivity index is 2.28. The molecule has 0 aliphatic heterocycles. The second-order valence-corrected chi connectivity index (χ2v) is 4.47. The standard InChI is InChI=1S/C14H16FN3O2/c1-8-13(9(2)18(3)17-8)14(19)16-10-5-6-11(15)12(7-10)20-4/h5-7H,1-4H3,(H,16,19). The lowest BCUT2D eigenvalue weighted by molar-refractivity contribution is 0.102. The van der Waals surface area contributed by atoms with Gasteiger partial charge in [-0.15, -0.1) is 0 Å². The van der Waals surface area contributed by atoms with E-state index in [2.05, 4.69) is 10.4 Å². The summed E-state index contributed by atoms with van der Waals surface area (Å²) in [5.41, 5.74) is 2.41. The summed E-state index contributed by atoms with van der Waals surface area (Å²) in [5, 5.41) is 6.91. The van der Waals surface area contributed by atoms with Crippen molar-refractivity contribution in [3.8, 4) is 5.75 Å². The molecule has 5 nitrogen and oxygen atoms in total. The molecule has 0 aliphatic carbocycles. The predicted molar refractivity (Wildman–Crippen MR) is 73.6 cm³/mol. The summed E-state index contributed by atoms with van der Waals surface area (Å²) in [4.78, 5) is 12.3. The summed E-state index contributed by atoms with van der Waals surface area (Å²) < 4.78 is 19.8. The van der Waals surface area contributed by atoms with Crippen LogP contribution in [-0.4, -0.2) is 22.8 Å². The predicted octanol–water partition coefficient (Wildman–Crippen LogP) is 2.44. The molecule has 0 atom stereocenters. The largest absolute Gasteiger partial charge is 0.494 e. The maximum atomic E-state index is 13.3. The van der Waals surface area contributed by atoms with E-state index in [4.69, 9.17) is 4.74 Å². The van der Waals surface area contributed by atoms with Crippen molar-refractivity contribution in [3.63, 3.8) is 0 Å². The van der Waals surface area contributed by atoms with E-state index in [0.717, 1.165) is 5.69 Å². The minimum Gasteiger partial charge on any atom is -0.494 e. The third-order valence-electron chi connectivity index (χ3n) is 3.15. The van der Waals surface area contributed by atoms with E-state index in [-0.39, 0.29) is 11.7 Å². The van der Waals surface area contributed by atoms with E-state index in [9.17, 15) is 9.18 Å². The molecule has 0 unspecified atom stereocenters. The van der Waals surface area contributed by atoms with Crippen molar-refractivity contribution in [2.45, 2.75) is 13.8 Å². The minimum absolute atomic E-state index is 0.0856. The number of anilines is 1. The number of amides is 1. The third-order valence-corrected chi connectivity index (χ3v) is 3.15. The van der Waals surface area contributed by atoms with Crippen molar-refractivity contribution in [1.29, 1.82) is 0 Å². The first-order chi connectivity index (χ1) is 9.43. The molecule has 0 spiro atoms. The number of aromatic nitrogens is 2. The molecule has 6 heteroatoms. The topological polar surface area (TPSA) is 56.1 Å². The normalized spacial score (nSPS) is 10.4. The molecule has 2 aromatic rings. The second kappa shape index (κ2) is 5.32. The zero-order valence-corrected chi connectivity index (χ0v) is 11.8. The van der Waals surface area contributed by atoms with Crippen LogP contribution in [0.4, 0.5) is 10.1 Å². The molecule has 20 heavy (non-hydrogen) atoms. The van der Waals surface area contributed by atoms with Gasteiger partial charge in [0.2, 0.25) is 0 Å². The molecule has 1 amide bonds. The van der Waals surface area contributed by atoms with Crippen molar-refractivity contribution in [3.05, 3.63) is 41.0 Å². The van der Waals surface area contributed by atoms with Gasteiger partial charge in [0, 0.05) is 24.5 Å². The Morgan fingerprint density at radius 1 is 1.40 bits per heavy atom. The highest BCUT2D eigenvalue weighted by atomic mass is 19.1. The van der Waals surface area contributed by atoms with Gasteiger partial charge in [-0.2, -0.15) is 5.10 Å². The van der Waals surface area contributed by atoms with E-state index >= 15 is 0 Å². The van der Waals surface area contributed by atoms with E-state index < -0.39 is 5.82 Å². The Morgan fingerprint density at radius 2 is 2.10 bits per heavy atom. The number of methoxy groups -OCH3 is 1. The summed E-state index contributed by atoms with van der Waals surface area (Å²) in [6, 6.07) is 4.17. The molecule has 1 aromatic heterocycles. The molecule has 0 fully saturated rings. The molecule has 0 saturated heterocycles. The number of benzene rings is 1. The molecular formula is C14H16FN3O2. The van der Waals surface area contributed by atoms with Crippen molar-refractivity contribution in [2.75, 3.05) is 12.4 Å². The van der Waals surface area contributed by atoms with Gasteiger partial charge >= 0.3 is 0 Å². The van der Waals surface area contributed by atoms with Gasteiger partial charge in [-0.25, -0.2) is 4.39 Å². The van der Waals surface area contributed by atoms with E-state index in [1.807, 2.05) is 6.92 Å². The number of rotatable bonds is 3. The SMILES string of the molecule is COc1cc(NC(=O)c2c(C)nn(C)c2C)ccc1F. The zero-order chi connectivity index (χ0) is 14.9. The number of hydrogen-bond donors (Lipinski definition) is 1. The number of carbonyl (C=O) groups excluding carboxylic acids is 1. The second-order valence-electron chi connectivity index (χ2n) is 4.47. The Kier molecular flexibility index (Phi) is 3.74. The molecule has 1 heterocycles. The summed E-state index contributed by atoms with van der Waals surface area (Å²) >= 11 is 0. The van der Waals surface area contributed by atoms with Crippen LogP contribution < -0.4 is 10.1 Å². The van der Waals surface area contributed by atoms with Crippen LogP contribution in [0.2, 0.25) is 0 Å². The van der Waals surface area contributed by atoms with E-state index in [1.165, 1.54) is 25.3 Å². The molecule has 2 rings (SSSR count). The molecule has 106 valence electrons. The lowest BCUT2D eigenvalue weighted by atomic mass is 10.2. The lowest BCUT2D eigenvalue weighted by Gasteiger charge is -2.08. The number of ether oxygens (including phenoxy) is 1. The highest BCUT2D eigenvalue weighted by Crippen LogP contribution is 2.22. The maximum absolute atomic E-state index is 13.3. The van der Waals surface area contributed by atoms with E-state index in [1.54, 1.807) is 18.7 Å². The van der Waals surface area contributed by atoms with Crippen LogP contribution in [0.3, 0.4) is 0 Å². The zero-order valence-electron chi connectivity index (χ0n) is 11.8. The van der Waals surface area contributed by atoms with Crippen LogP contribution in [-0.2, 0) is 7.05 Å². The number of aryl methyl sites for hydroxylation is 2. The summed E-state index contributed by atoms with van der Waals surface area (Å²) in [6.45, 7) is 3.59. The fraction of sp³-hybridized carbons (Fsp3) is 0.286. The van der Waals surface area contributed by atoms with Crippen molar-refractivity contribution in [2.24, 2.45) is 7.05 Å². The third kappa shape index (κ3) is 2.49. The summed E-state index contributed by atoms with van der Waals surface area (Å²) in [5.74, 6) is -0.663. The quantitative estimate of drug-likeness (QED) is 0.937. The molecule has 1 aromatic carbocycles. The monoisotopic (exact) mass is 277 g/mol. The Labute approximate surface area is 116 Å². The maximum Gasteiger partial charge on any atom is 0.259 e.